The van der Waals surface area contributed by atoms with Crippen molar-refractivity contribution in [3.63, 3.8) is 0 Å². The van der Waals surface area contributed by atoms with Crippen LogP contribution in [0.1, 0.15) is 0 Å². The molecule has 0 spiro atoms. The maximum Gasteiger partial charge on any atom is 0.274 e. The van der Waals surface area contributed by atoms with Gasteiger partial charge in [-0.15, -0.1) is 0 Å². The van der Waals surface area contributed by atoms with Gasteiger partial charge in [0.15, 0.2) is 11.5 Å². The minimum absolute atomic E-state index is 0. The van der Waals surface area contributed by atoms with Gasteiger partial charge >= 0.3 is 0 Å². The first-order chi connectivity index (χ1) is 7.94. The molecule has 0 radical (unpaired) electrons. The van der Waals surface area contributed by atoms with Gasteiger partial charge in [0.1, 0.15) is 12.7 Å². The lowest BCUT2D eigenvalue weighted by Crippen LogP contribution is -2.42. The van der Waals surface area contributed by atoms with Crippen molar-refractivity contribution in [2.75, 3.05) is 13.2 Å². The molecular formula is C9H13ClN2O4S2. The fraction of sp³-hybridized carbons (Fsp3) is 0.333. The maximum atomic E-state index is 10.7. The summed E-state index contributed by atoms with van der Waals surface area (Å²) >= 11 is 5.79. The molecule has 0 aromatic heterocycles. The smallest absolute Gasteiger partial charge is 0.274 e. The van der Waals surface area contributed by atoms with Gasteiger partial charge in [0.05, 0.1) is 6.54 Å². The second-order valence-corrected chi connectivity index (χ2v) is 5.35. The van der Waals surface area contributed by atoms with E-state index in [1.807, 2.05) is 0 Å². The summed E-state index contributed by atoms with van der Waals surface area (Å²) in [4.78, 5) is 0. The van der Waals surface area contributed by atoms with Gasteiger partial charge in [0.25, 0.3) is 10.2 Å². The van der Waals surface area contributed by atoms with E-state index in [1.54, 1.807) is 18.2 Å². The van der Waals surface area contributed by atoms with E-state index < -0.39 is 16.3 Å². The molecule has 0 saturated carbocycles. The predicted molar refractivity (Wildman–Crippen MR) is 72.9 cm³/mol. The molecule has 18 heavy (non-hydrogen) atoms. The van der Waals surface area contributed by atoms with Crippen LogP contribution >= 0.6 is 25.1 Å². The van der Waals surface area contributed by atoms with Crippen LogP contribution in [0.3, 0.4) is 0 Å². The number of rotatable bonds is 3. The first kappa shape index (κ1) is 15.4. The topological polar surface area (TPSA) is 90.7 Å². The lowest BCUT2D eigenvalue weighted by atomic mass is 10.2. The SMILES string of the molecule is NS(=O)(=O)NC[C@H]1COc2cc(Cl)ccc2O1.S. The lowest BCUT2D eigenvalue weighted by Gasteiger charge is -2.26. The van der Waals surface area contributed by atoms with Crippen molar-refractivity contribution in [2.45, 2.75) is 6.10 Å². The Morgan fingerprint density at radius 2 is 2.17 bits per heavy atom. The van der Waals surface area contributed by atoms with Crippen molar-refractivity contribution in [1.29, 1.82) is 0 Å². The van der Waals surface area contributed by atoms with Gasteiger partial charge in [-0.3, -0.25) is 0 Å². The Labute approximate surface area is 117 Å². The van der Waals surface area contributed by atoms with Crippen LogP contribution in [0.4, 0.5) is 0 Å². The standard InChI is InChI=1S/C9H11ClN2O4S.H2S/c10-6-1-2-8-9(3-6)15-5-7(16-8)4-12-17(11,13)14;/h1-3,7,12H,4-5H2,(H2,11,13,14);1H2/t7-;/m0./s1. The van der Waals surface area contributed by atoms with E-state index in [9.17, 15) is 8.42 Å². The monoisotopic (exact) mass is 312 g/mol. The third kappa shape index (κ3) is 4.21. The van der Waals surface area contributed by atoms with Crippen LogP contribution < -0.4 is 19.3 Å². The minimum atomic E-state index is -3.71. The number of fused-ring (bicyclic) bond motifs is 1. The number of ether oxygens (including phenoxy) is 2. The zero-order valence-electron chi connectivity index (χ0n) is 9.22. The molecule has 0 aliphatic carbocycles. The van der Waals surface area contributed by atoms with Gasteiger partial charge in [0, 0.05) is 11.1 Å². The molecule has 1 heterocycles. The highest BCUT2D eigenvalue weighted by Crippen LogP contribution is 2.33. The Balaban J connectivity index is 0.00000162. The number of nitrogens with one attached hydrogen (secondary N) is 1. The summed E-state index contributed by atoms with van der Waals surface area (Å²) in [5.74, 6) is 1.08. The Bertz CT molecular complexity index is 523. The first-order valence-electron chi connectivity index (χ1n) is 4.80. The number of nitrogens with two attached hydrogens (primary N) is 1. The zero-order valence-corrected chi connectivity index (χ0v) is 11.8. The molecule has 102 valence electrons. The molecule has 1 aromatic rings. The van der Waals surface area contributed by atoms with Crippen molar-refractivity contribution >= 4 is 35.3 Å². The predicted octanol–water partition coefficient (Wildman–Crippen LogP) is 0.386. The minimum Gasteiger partial charge on any atom is -0.486 e. The molecule has 1 atom stereocenters. The van der Waals surface area contributed by atoms with E-state index in [0.717, 1.165) is 0 Å². The van der Waals surface area contributed by atoms with E-state index in [2.05, 4.69) is 4.72 Å². The van der Waals surface area contributed by atoms with E-state index in [-0.39, 0.29) is 26.6 Å². The molecule has 0 bridgehead atoms. The van der Waals surface area contributed by atoms with Crippen molar-refractivity contribution in [2.24, 2.45) is 5.14 Å². The van der Waals surface area contributed by atoms with Gasteiger partial charge in [-0.25, -0.2) is 5.14 Å². The average Bonchev–Trinajstić information content (AvgIpc) is 2.25. The lowest BCUT2D eigenvalue weighted by molar-refractivity contribution is 0.0943. The van der Waals surface area contributed by atoms with Gasteiger partial charge in [-0.1, -0.05) is 11.6 Å². The van der Waals surface area contributed by atoms with Crippen LogP contribution in [0.5, 0.6) is 11.5 Å². The summed E-state index contributed by atoms with van der Waals surface area (Å²) in [6, 6.07) is 4.97. The van der Waals surface area contributed by atoms with E-state index in [1.165, 1.54) is 0 Å². The third-order valence-corrected chi connectivity index (χ3v) is 2.94. The van der Waals surface area contributed by atoms with Crippen LogP contribution in [0, 0.1) is 0 Å². The van der Waals surface area contributed by atoms with Crippen LogP contribution in [0.15, 0.2) is 18.2 Å². The second kappa shape index (κ2) is 5.98. The third-order valence-electron chi connectivity index (χ3n) is 2.14. The van der Waals surface area contributed by atoms with Crippen LogP contribution in [-0.2, 0) is 10.2 Å². The fourth-order valence-electron chi connectivity index (χ4n) is 1.40. The molecule has 0 unspecified atom stereocenters. The summed E-state index contributed by atoms with van der Waals surface area (Å²) in [7, 11) is -3.71. The van der Waals surface area contributed by atoms with Gasteiger partial charge in [-0.05, 0) is 12.1 Å². The molecule has 0 amide bonds. The number of hydrogen-bond acceptors (Lipinski definition) is 4. The van der Waals surface area contributed by atoms with Gasteiger partial charge in [-0.2, -0.15) is 26.6 Å². The normalized spacial score (nSPS) is 18.0. The summed E-state index contributed by atoms with van der Waals surface area (Å²) in [6.45, 7) is 0.288. The summed E-state index contributed by atoms with van der Waals surface area (Å²) in [5.41, 5.74) is 0. The van der Waals surface area contributed by atoms with Gasteiger partial charge < -0.3 is 9.47 Å². The van der Waals surface area contributed by atoms with E-state index in [4.69, 9.17) is 26.2 Å². The quantitative estimate of drug-likeness (QED) is 0.844. The Morgan fingerprint density at radius 1 is 1.44 bits per heavy atom. The van der Waals surface area contributed by atoms with Crippen LogP contribution in [0.25, 0.3) is 0 Å². The second-order valence-electron chi connectivity index (χ2n) is 3.54. The first-order valence-corrected chi connectivity index (χ1v) is 6.73. The molecule has 6 nitrogen and oxygen atoms in total. The molecule has 1 aromatic carbocycles. The number of hydrogen-bond donors (Lipinski definition) is 2. The van der Waals surface area contributed by atoms with Crippen molar-refractivity contribution < 1.29 is 17.9 Å². The van der Waals surface area contributed by atoms with Crippen LogP contribution in [0.2, 0.25) is 5.02 Å². The molecule has 0 saturated heterocycles. The highest BCUT2D eigenvalue weighted by molar-refractivity contribution is 7.87. The van der Waals surface area contributed by atoms with Crippen molar-refractivity contribution in [3.8, 4) is 11.5 Å². The van der Waals surface area contributed by atoms with Crippen LogP contribution in [-0.4, -0.2) is 27.7 Å². The summed E-state index contributed by atoms with van der Waals surface area (Å²) in [6.07, 6.45) is -0.415. The summed E-state index contributed by atoms with van der Waals surface area (Å²) < 4.78 is 34.5. The number of halogens is 1. The Kier molecular flexibility index (Phi) is 5.11. The Morgan fingerprint density at radius 3 is 2.83 bits per heavy atom. The maximum absolute atomic E-state index is 10.7. The molecule has 2 rings (SSSR count). The molecular weight excluding hydrogens is 300 g/mol. The highest BCUT2D eigenvalue weighted by Gasteiger charge is 2.22. The van der Waals surface area contributed by atoms with E-state index >= 15 is 0 Å². The molecule has 0 fully saturated rings. The van der Waals surface area contributed by atoms with Gasteiger partial charge in [0.2, 0.25) is 0 Å². The molecule has 3 N–H and O–H groups in total. The number of benzene rings is 1. The van der Waals surface area contributed by atoms with E-state index in [0.29, 0.717) is 16.5 Å². The summed E-state index contributed by atoms with van der Waals surface area (Å²) in [5, 5.41) is 5.36. The van der Waals surface area contributed by atoms with Crippen molar-refractivity contribution in [1.82, 2.24) is 4.72 Å². The molecule has 1 aliphatic heterocycles. The average molecular weight is 313 g/mol. The van der Waals surface area contributed by atoms with Crippen molar-refractivity contribution in [3.05, 3.63) is 23.2 Å². The molecule has 9 heteroatoms. The fourth-order valence-corrected chi connectivity index (χ4v) is 1.98. The highest BCUT2D eigenvalue weighted by atomic mass is 35.5. The largest absolute Gasteiger partial charge is 0.486 e. The zero-order chi connectivity index (χ0) is 12.5. The molecule has 1 aliphatic rings. The Hall–Kier alpha value is -0.670.